The van der Waals surface area contributed by atoms with Crippen LogP contribution in [0.1, 0.15) is 15.2 Å². The Bertz CT molecular complexity index is 954. The summed E-state index contributed by atoms with van der Waals surface area (Å²) in [7, 11) is 1.53. The summed E-state index contributed by atoms with van der Waals surface area (Å²) < 4.78 is 14.5. The zero-order valence-corrected chi connectivity index (χ0v) is 14.6. The quantitative estimate of drug-likeness (QED) is 0.778. The van der Waals surface area contributed by atoms with E-state index in [-0.39, 0.29) is 24.2 Å². The second-order valence-electron chi connectivity index (χ2n) is 5.69. The zero-order valence-electron chi connectivity index (χ0n) is 13.7. The van der Waals surface area contributed by atoms with Crippen LogP contribution < -0.4 is 5.32 Å². The highest BCUT2D eigenvalue weighted by Gasteiger charge is 2.18. The molecule has 2 amide bonds. The number of thiophene rings is 1. The molecule has 1 aromatic carbocycles. The molecule has 0 radical (unpaired) electrons. The predicted molar refractivity (Wildman–Crippen MR) is 96.3 cm³/mol. The molecule has 0 atom stereocenters. The van der Waals surface area contributed by atoms with Gasteiger partial charge in [0.05, 0.1) is 11.4 Å². The van der Waals surface area contributed by atoms with Gasteiger partial charge in [0.15, 0.2) is 0 Å². The Balaban J connectivity index is 1.69. The molecule has 128 valence electrons. The van der Waals surface area contributed by atoms with Gasteiger partial charge in [-0.15, -0.1) is 11.3 Å². The van der Waals surface area contributed by atoms with Gasteiger partial charge in [-0.05, 0) is 42.8 Å². The van der Waals surface area contributed by atoms with E-state index in [1.54, 1.807) is 24.4 Å². The Hall–Kier alpha value is -2.80. The number of pyridine rings is 1. The molecule has 3 aromatic rings. The minimum absolute atomic E-state index is 0.120. The number of carbonyl (C=O) groups is 2. The van der Waals surface area contributed by atoms with Gasteiger partial charge >= 0.3 is 0 Å². The second-order valence-corrected chi connectivity index (χ2v) is 6.77. The van der Waals surface area contributed by atoms with E-state index in [0.29, 0.717) is 20.8 Å². The van der Waals surface area contributed by atoms with Crippen LogP contribution in [-0.2, 0) is 4.79 Å². The summed E-state index contributed by atoms with van der Waals surface area (Å²) in [5.41, 5.74) is 0.974. The summed E-state index contributed by atoms with van der Waals surface area (Å²) in [6.45, 7) is 1.78. The topological polar surface area (TPSA) is 62.3 Å². The number of hydrogen-bond donors (Lipinski definition) is 1. The summed E-state index contributed by atoms with van der Waals surface area (Å²) in [6.07, 6.45) is 1.60. The molecule has 2 heterocycles. The lowest BCUT2D eigenvalue weighted by atomic mass is 10.2. The Morgan fingerprint density at radius 3 is 2.80 bits per heavy atom. The van der Waals surface area contributed by atoms with Crippen molar-refractivity contribution < 1.29 is 14.0 Å². The lowest BCUT2D eigenvalue weighted by molar-refractivity contribution is -0.116. The van der Waals surface area contributed by atoms with E-state index in [1.165, 1.54) is 35.4 Å². The van der Waals surface area contributed by atoms with Crippen LogP contribution in [0.3, 0.4) is 0 Å². The Morgan fingerprint density at radius 2 is 2.08 bits per heavy atom. The van der Waals surface area contributed by atoms with Crippen molar-refractivity contribution in [2.75, 3.05) is 18.9 Å². The van der Waals surface area contributed by atoms with E-state index in [0.717, 1.165) is 5.56 Å². The van der Waals surface area contributed by atoms with Crippen LogP contribution in [0.25, 0.3) is 10.1 Å². The molecule has 5 nitrogen and oxygen atoms in total. The van der Waals surface area contributed by atoms with E-state index >= 15 is 0 Å². The fraction of sp³-hybridized carbons (Fsp3) is 0.167. The van der Waals surface area contributed by atoms with Crippen LogP contribution >= 0.6 is 11.3 Å². The fourth-order valence-corrected chi connectivity index (χ4v) is 3.46. The summed E-state index contributed by atoms with van der Waals surface area (Å²) in [4.78, 5) is 30.3. The van der Waals surface area contributed by atoms with Crippen molar-refractivity contribution in [3.05, 3.63) is 58.9 Å². The second kappa shape index (κ2) is 6.98. The Kier molecular flexibility index (Phi) is 4.76. The maximum Gasteiger partial charge on any atom is 0.264 e. The molecular formula is C18H16FN3O2S. The molecule has 0 unspecified atom stereocenters. The van der Waals surface area contributed by atoms with Crippen molar-refractivity contribution in [2.24, 2.45) is 0 Å². The predicted octanol–water partition coefficient (Wildman–Crippen LogP) is 3.45. The summed E-state index contributed by atoms with van der Waals surface area (Å²) in [5, 5.41) is 3.07. The molecule has 7 heteroatoms. The number of nitrogens with zero attached hydrogens (tertiary/aromatic N) is 2. The lowest BCUT2D eigenvalue weighted by Crippen LogP contribution is -2.34. The van der Waals surface area contributed by atoms with E-state index in [4.69, 9.17) is 0 Å². The molecule has 0 saturated carbocycles. The van der Waals surface area contributed by atoms with E-state index in [9.17, 15) is 14.0 Å². The average molecular weight is 357 g/mol. The minimum Gasteiger partial charge on any atom is -0.332 e. The molecule has 0 aliphatic rings. The molecule has 0 aliphatic carbocycles. The van der Waals surface area contributed by atoms with Crippen molar-refractivity contribution in [1.82, 2.24) is 9.88 Å². The van der Waals surface area contributed by atoms with Crippen LogP contribution in [0, 0.1) is 12.7 Å². The third-order valence-electron chi connectivity index (χ3n) is 3.63. The summed E-state index contributed by atoms with van der Waals surface area (Å²) >= 11 is 1.21. The molecular weight excluding hydrogens is 341 g/mol. The van der Waals surface area contributed by atoms with Crippen LogP contribution in [0.5, 0.6) is 0 Å². The van der Waals surface area contributed by atoms with Crippen molar-refractivity contribution in [3.63, 3.8) is 0 Å². The van der Waals surface area contributed by atoms with Crippen molar-refractivity contribution in [3.8, 4) is 0 Å². The number of hydrogen-bond acceptors (Lipinski definition) is 4. The lowest BCUT2D eigenvalue weighted by Gasteiger charge is -2.15. The number of likely N-dealkylation sites (N-methyl/N-ethyl adjacent to an activating group) is 1. The number of fused-ring (bicyclic) bond motifs is 1. The number of rotatable bonds is 4. The average Bonchev–Trinajstić information content (AvgIpc) is 2.99. The molecule has 0 aliphatic heterocycles. The summed E-state index contributed by atoms with van der Waals surface area (Å²) in [5.74, 6) is -0.595. The number of aryl methyl sites for hydroxylation is 1. The highest BCUT2D eigenvalue weighted by Crippen LogP contribution is 2.28. The molecule has 25 heavy (non-hydrogen) atoms. The van der Waals surface area contributed by atoms with Crippen molar-refractivity contribution >= 4 is 39.1 Å². The van der Waals surface area contributed by atoms with Gasteiger partial charge in [-0.1, -0.05) is 6.07 Å². The van der Waals surface area contributed by atoms with E-state index < -0.39 is 0 Å². The Morgan fingerprint density at radius 1 is 1.28 bits per heavy atom. The van der Waals surface area contributed by atoms with E-state index in [2.05, 4.69) is 10.3 Å². The SMILES string of the molecule is Cc1ccnc(NC(=O)CN(C)C(=O)c2cc3c(F)cccc3s2)c1. The van der Waals surface area contributed by atoms with E-state index in [1.807, 2.05) is 13.0 Å². The fourth-order valence-electron chi connectivity index (χ4n) is 2.39. The third kappa shape index (κ3) is 3.83. The van der Waals surface area contributed by atoms with Gasteiger partial charge in [-0.2, -0.15) is 0 Å². The molecule has 0 saturated heterocycles. The maximum atomic E-state index is 13.8. The minimum atomic E-state index is -0.362. The standard InChI is InChI=1S/C18H16FN3O2S/c1-11-6-7-20-16(8-11)21-17(23)10-22(2)18(24)15-9-12-13(19)4-3-5-14(12)25-15/h3-9H,10H2,1-2H3,(H,20,21,23). The molecule has 2 aromatic heterocycles. The van der Waals surface area contributed by atoms with Gasteiger partial charge in [0.1, 0.15) is 11.6 Å². The first-order valence-electron chi connectivity index (χ1n) is 7.60. The van der Waals surface area contributed by atoms with Gasteiger partial charge in [0.25, 0.3) is 5.91 Å². The third-order valence-corrected chi connectivity index (χ3v) is 4.72. The van der Waals surface area contributed by atoms with Crippen molar-refractivity contribution in [1.29, 1.82) is 0 Å². The monoisotopic (exact) mass is 357 g/mol. The number of aromatic nitrogens is 1. The molecule has 0 spiro atoms. The normalized spacial score (nSPS) is 10.7. The molecule has 0 fully saturated rings. The number of benzene rings is 1. The first-order valence-corrected chi connectivity index (χ1v) is 8.42. The number of halogens is 1. The highest BCUT2D eigenvalue weighted by molar-refractivity contribution is 7.20. The number of anilines is 1. The first-order chi connectivity index (χ1) is 11.9. The van der Waals surface area contributed by atoms with Gasteiger partial charge < -0.3 is 10.2 Å². The van der Waals surface area contributed by atoms with Gasteiger partial charge in [-0.3, -0.25) is 9.59 Å². The molecule has 1 N–H and O–H groups in total. The largest absolute Gasteiger partial charge is 0.332 e. The smallest absolute Gasteiger partial charge is 0.264 e. The van der Waals surface area contributed by atoms with Gasteiger partial charge in [0.2, 0.25) is 5.91 Å². The molecule has 3 rings (SSSR count). The van der Waals surface area contributed by atoms with Crippen LogP contribution in [0.4, 0.5) is 10.2 Å². The van der Waals surface area contributed by atoms with Gasteiger partial charge in [0, 0.05) is 23.3 Å². The van der Waals surface area contributed by atoms with Crippen LogP contribution in [-0.4, -0.2) is 35.3 Å². The zero-order chi connectivity index (χ0) is 18.0. The highest BCUT2D eigenvalue weighted by atomic mass is 32.1. The molecule has 0 bridgehead atoms. The summed E-state index contributed by atoms with van der Waals surface area (Å²) in [6, 6.07) is 9.81. The number of nitrogens with one attached hydrogen (secondary N) is 1. The van der Waals surface area contributed by atoms with Crippen LogP contribution in [0.15, 0.2) is 42.6 Å². The number of carbonyl (C=O) groups excluding carboxylic acids is 2. The van der Waals surface area contributed by atoms with Crippen LogP contribution in [0.2, 0.25) is 0 Å². The van der Waals surface area contributed by atoms with Crippen molar-refractivity contribution in [2.45, 2.75) is 6.92 Å². The Labute approximate surface area is 148 Å². The number of amides is 2. The van der Waals surface area contributed by atoms with Gasteiger partial charge in [-0.25, -0.2) is 9.37 Å². The maximum absolute atomic E-state index is 13.8. The first kappa shape index (κ1) is 17.0.